The summed E-state index contributed by atoms with van der Waals surface area (Å²) in [7, 11) is 3.30. The highest BCUT2D eigenvalue weighted by Crippen LogP contribution is 2.35. The Bertz CT molecular complexity index is 1570. The lowest BCUT2D eigenvalue weighted by Crippen LogP contribution is -2.32. The van der Waals surface area contributed by atoms with E-state index < -0.39 is 0 Å². The van der Waals surface area contributed by atoms with Gasteiger partial charge in [-0.1, -0.05) is 36.4 Å². The summed E-state index contributed by atoms with van der Waals surface area (Å²) in [6, 6.07) is 13.8. The number of carbonyl (C=O) groups excluding carboxylic acids is 1. The summed E-state index contributed by atoms with van der Waals surface area (Å²) in [5.74, 6) is 0.273. The zero-order chi connectivity index (χ0) is 27.7. The number of aromatic nitrogens is 4. The van der Waals surface area contributed by atoms with E-state index in [1.165, 1.54) is 13.2 Å². The van der Waals surface area contributed by atoms with Crippen molar-refractivity contribution in [1.82, 2.24) is 24.9 Å². The van der Waals surface area contributed by atoms with E-state index in [0.717, 1.165) is 63.3 Å². The van der Waals surface area contributed by atoms with Crippen molar-refractivity contribution in [2.24, 2.45) is 7.05 Å². The normalized spacial score (nSPS) is 16.4. The van der Waals surface area contributed by atoms with Gasteiger partial charge in [0.2, 0.25) is 5.56 Å². The van der Waals surface area contributed by atoms with Crippen molar-refractivity contribution >= 4 is 17.0 Å². The molecular formula is C30H35N5O4. The van der Waals surface area contributed by atoms with E-state index in [-0.39, 0.29) is 30.0 Å². The number of nitrogens with one attached hydrogen (secondary N) is 1. The minimum absolute atomic E-state index is 0.0223. The van der Waals surface area contributed by atoms with Crippen molar-refractivity contribution in [2.45, 2.75) is 58.7 Å². The van der Waals surface area contributed by atoms with Gasteiger partial charge < -0.3 is 14.5 Å². The molecule has 39 heavy (non-hydrogen) atoms. The topological polar surface area (TPSA) is 102 Å². The third kappa shape index (κ3) is 5.45. The van der Waals surface area contributed by atoms with Crippen molar-refractivity contribution in [1.29, 1.82) is 0 Å². The van der Waals surface area contributed by atoms with Crippen LogP contribution in [-0.4, -0.2) is 50.6 Å². The Labute approximate surface area is 227 Å². The number of esters is 1. The van der Waals surface area contributed by atoms with Gasteiger partial charge in [-0.05, 0) is 60.2 Å². The number of pyridine rings is 1. The quantitative estimate of drug-likeness (QED) is 0.359. The van der Waals surface area contributed by atoms with Crippen LogP contribution in [0.2, 0.25) is 0 Å². The summed E-state index contributed by atoms with van der Waals surface area (Å²) >= 11 is 0. The predicted molar refractivity (Wildman–Crippen MR) is 149 cm³/mol. The van der Waals surface area contributed by atoms with Crippen molar-refractivity contribution in [3.8, 4) is 5.75 Å². The largest absolute Gasteiger partial charge is 0.487 e. The average Bonchev–Trinajstić information content (AvgIpc) is 3.21. The van der Waals surface area contributed by atoms with Crippen LogP contribution < -0.4 is 10.3 Å². The fraction of sp³-hybridized carbons (Fsp3) is 0.400. The van der Waals surface area contributed by atoms with Gasteiger partial charge in [0, 0.05) is 38.7 Å². The number of aromatic amines is 1. The molecule has 0 saturated carbocycles. The maximum Gasteiger partial charge on any atom is 0.306 e. The van der Waals surface area contributed by atoms with E-state index in [1.54, 1.807) is 10.7 Å². The number of benzene rings is 2. The van der Waals surface area contributed by atoms with Crippen LogP contribution in [0, 0.1) is 13.8 Å². The van der Waals surface area contributed by atoms with Crippen LogP contribution in [0.5, 0.6) is 5.75 Å². The number of hydrogen-bond acceptors (Lipinski definition) is 7. The Morgan fingerprint density at radius 2 is 2.03 bits per heavy atom. The Balaban J connectivity index is 1.51. The molecule has 1 aliphatic heterocycles. The van der Waals surface area contributed by atoms with E-state index >= 15 is 0 Å². The SMILES string of the molecule is CC[C@@H]1CN(Cc2cc([C@H](CC(=O)OC)c3ccc4c(nnn4C)c3C)ccc2C)Cc2[nH]c(=O)ccc2O1. The minimum atomic E-state index is -0.267. The third-order valence-corrected chi connectivity index (χ3v) is 7.77. The molecule has 9 heteroatoms. The number of fused-ring (bicyclic) bond motifs is 2. The molecule has 2 atom stereocenters. The van der Waals surface area contributed by atoms with Gasteiger partial charge in [0.25, 0.3) is 0 Å². The van der Waals surface area contributed by atoms with Crippen LogP contribution in [-0.2, 0) is 29.7 Å². The zero-order valence-electron chi connectivity index (χ0n) is 23.2. The first-order chi connectivity index (χ1) is 18.8. The fourth-order valence-corrected chi connectivity index (χ4v) is 5.46. The Morgan fingerprint density at radius 1 is 1.21 bits per heavy atom. The Hall–Kier alpha value is -3.98. The molecule has 1 N–H and O–H groups in total. The monoisotopic (exact) mass is 529 g/mol. The van der Waals surface area contributed by atoms with E-state index in [4.69, 9.17) is 9.47 Å². The molecule has 204 valence electrons. The van der Waals surface area contributed by atoms with E-state index in [9.17, 15) is 9.59 Å². The molecule has 0 saturated heterocycles. The van der Waals surface area contributed by atoms with Gasteiger partial charge in [0.1, 0.15) is 17.4 Å². The van der Waals surface area contributed by atoms with Gasteiger partial charge in [-0.25, -0.2) is 4.68 Å². The number of nitrogens with zero attached hydrogens (tertiary/aromatic N) is 4. The molecule has 0 spiro atoms. The molecular weight excluding hydrogens is 494 g/mol. The van der Waals surface area contributed by atoms with Crippen molar-refractivity contribution in [3.05, 3.63) is 86.3 Å². The van der Waals surface area contributed by atoms with Crippen molar-refractivity contribution in [3.63, 3.8) is 0 Å². The lowest BCUT2D eigenvalue weighted by atomic mass is 9.84. The lowest BCUT2D eigenvalue weighted by Gasteiger charge is -2.25. The molecule has 0 amide bonds. The number of hydrogen-bond donors (Lipinski definition) is 1. The molecule has 4 aromatic rings. The van der Waals surface area contributed by atoms with Gasteiger partial charge in [-0.3, -0.25) is 14.5 Å². The highest BCUT2D eigenvalue weighted by molar-refractivity contribution is 5.80. The number of methoxy groups -OCH3 is 1. The highest BCUT2D eigenvalue weighted by Gasteiger charge is 2.26. The molecule has 0 bridgehead atoms. The summed E-state index contributed by atoms with van der Waals surface area (Å²) in [6.45, 7) is 8.26. The summed E-state index contributed by atoms with van der Waals surface area (Å²) < 4.78 is 13.1. The molecule has 0 fully saturated rings. The standard InChI is InChI=1S/C30H35N5O4/c1-6-22-16-35(17-25-27(39-22)11-12-28(36)31-25)15-21-13-20(8-7-18(21)2)24(14-29(37)38-5)23-9-10-26-30(19(23)3)32-33-34(26)4/h7-13,22,24H,6,14-17H2,1-5H3,(H,31,36)/t22-,24+/m1/s1. The summed E-state index contributed by atoms with van der Waals surface area (Å²) in [4.78, 5) is 29.9. The first-order valence-electron chi connectivity index (χ1n) is 13.3. The second-order valence-corrected chi connectivity index (χ2v) is 10.4. The van der Waals surface area contributed by atoms with Crippen LogP contribution >= 0.6 is 0 Å². The average molecular weight is 530 g/mol. The smallest absolute Gasteiger partial charge is 0.306 e. The number of aryl methyl sites for hydroxylation is 3. The molecule has 0 radical (unpaired) electrons. The van der Waals surface area contributed by atoms with Crippen LogP contribution in [0.1, 0.15) is 59.2 Å². The zero-order valence-corrected chi connectivity index (χ0v) is 23.2. The maximum atomic E-state index is 12.6. The third-order valence-electron chi connectivity index (χ3n) is 7.77. The van der Waals surface area contributed by atoms with Gasteiger partial charge in [-0.2, -0.15) is 0 Å². The number of carbonyl (C=O) groups is 1. The molecule has 3 heterocycles. The van der Waals surface area contributed by atoms with E-state index in [0.29, 0.717) is 13.1 Å². The molecule has 5 rings (SSSR count). The summed E-state index contributed by atoms with van der Waals surface area (Å²) in [5.41, 5.74) is 7.85. The van der Waals surface area contributed by atoms with Gasteiger partial charge in [0.15, 0.2) is 0 Å². The minimum Gasteiger partial charge on any atom is -0.487 e. The lowest BCUT2D eigenvalue weighted by molar-refractivity contribution is -0.140. The Morgan fingerprint density at radius 3 is 2.79 bits per heavy atom. The molecule has 2 aromatic carbocycles. The van der Waals surface area contributed by atoms with Crippen molar-refractivity contribution in [2.75, 3.05) is 13.7 Å². The van der Waals surface area contributed by atoms with Gasteiger partial charge in [0.05, 0.1) is 24.7 Å². The molecule has 0 aliphatic carbocycles. The number of H-pyrrole nitrogens is 1. The fourth-order valence-electron chi connectivity index (χ4n) is 5.46. The van der Waals surface area contributed by atoms with E-state index in [1.807, 2.05) is 20.0 Å². The van der Waals surface area contributed by atoms with Crippen molar-refractivity contribution < 1.29 is 14.3 Å². The van der Waals surface area contributed by atoms with Gasteiger partial charge >= 0.3 is 5.97 Å². The van der Waals surface area contributed by atoms with E-state index in [2.05, 4.69) is 58.3 Å². The maximum absolute atomic E-state index is 12.6. The molecule has 0 unspecified atom stereocenters. The Kier molecular flexibility index (Phi) is 7.52. The van der Waals surface area contributed by atoms with Crippen LogP contribution in [0.4, 0.5) is 0 Å². The van der Waals surface area contributed by atoms with Crippen LogP contribution in [0.15, 0.2) is 47.3 Å². The van der Waals surface area contributed by atoms with Gasteiger partial charge in [-0.15, -0.1) is 5.10 Å². The first kappa shape index (κ1) is 26.6. The first-order valence-corrected chi connectivity index (χ1v) is 13.3. The number of ether oxygens (including phenoxy) is 2. The predicted octanol–water partition coefficient (Wildman–Crippen LogP) is 4.14. The molecule has 9 nitrogen and oxygen atoms in total. The molecule has 1 aliphatic rings. The summed E-state index contributed by atoms with van der Waals surface area (Å²) in [6.07, 6.45) is 1.10. The number of rotatable bonds is 7. The van der Waals surface area contributed by atoms with Crippen LogP contribution in [0.25, 0.3) is 11.0 Å². The highest BCUT2D eigenvalue weighted by atomic mass is 16.5. The second kappa shape index (κ2) is 11.0. The molecule has 2 aromatic heterocycles. The van der Waals surface area contributed by atoms with Crippen LogP contribution in [0.3, 0.4) is 0 Å². The summed E-state index contributed by atoms with van der Waals surface area (Å²) in [5, 5.41) is 8.54. The second-order valence-electron chi connectivity index (χ2n) is 10.4.